The van der Waals surface area contributed by atoms with E-state index in [4.69, 9.17) is 58.5 Å². The van der Waals surface area contributed by atoms with Crippen LogP contribution in [0.3, 0.4) is 0 Å². The molecule has 0 radical (unpaired) electrons. The quantitative estimate of drug-likeness (QED) is 0.261. The number of fused-ring (bicyclic) bond motifs is 1. The van der Waals surface area contributed by atoms with Crippen LogP contribution in [0.5, 0.6) is 0 Å². The molecule has 226 valence electrons. The summed E-state index contributed by atoms with van der Waals surface area (Å²) in [7, 11) is 0. The second-order valence-electron chi connectivity index (χ2n) is 10.4. The van der Waals surface area contributed by atoms with Gasteiger partial charge in [0.2, 0.25) is 10.1 Å². The number of rotatable bonds is 6. The largest absolute Gasteiger partial charge is 0.452 e. The molecule has 1 amide bonds. The number of nitrogens with one attached hydrogen (secondary N) is 1. The Morgan fingerprint density at radius 3 is 1.76 bits per heavy atom. The monoisotopic (exact) mass is 641 g/mol. The van der Waals surface area contributed by atoms with Gasteiger partial charge in [0.15, 0.2) is 18.3 Å². The molecule has 13 heteroatoms. The van der Waals surface area contributed by atoms with E-state index in [0.717, 1.165) is 32.1 Å². The first-order valence-electron chi connectivity index (χ1n) is 13.7. The van der Waals surface area contributed by atoms with E-state index in [1.165, 1.54) is 24.3 Å². The molecule has 2 N–H and O–H groups in total. The number of aliphatic hydroxyl groups is 1. The average Bonchev–Trinajstić information content (AvgIpc) is 3.44. The summed E-state index contributed by atoms with van der Waals surface area (Å²) in [6, 6.07) is 16.0. The SMILES string of the molecule is O=C(NC1CCCCC1)O[C@H]1[C@H](O)[C@H](OC(=O)c2ccccc2)[C@@H](OC(=O)c2ccccc2)[C@@H]2O[C@H](C(Cl)(Cl)Cl)O[C@@H]21. The summed E-state index contributed by atoms with van der Waals surface area (Å²) in [5.41, 5.74) is 0.369. The van der Waals surface area contributed by atoms with Gasteiger partial charge < -0.3 is 34.1 Å². The Balaban J connectivity index is 1.45. The van der Waals surface area contributed by atoms with E-state index in [0.29, 0.717) is 0 Å². The molecule has 42 heavy (non-hydrogen) atoms. The van der Waals surface area contributed by atoms with Crippen molar-refractivity contribution in [3.63, 3.8) is 0 Å². The molecule has 7 atom stereocenters. The van der Waals surface area contributed by atoms with Gasteiger partial charge >= 0.3 is 18.0 Å². The van der Waals surface area contributed by atoms with Crippen molar-refractivity contribution in [1.29, 1.82) is 0 Å². The second kappa shape index (κ2) is 13.4. The minimum absolute atomic E-state index is 0.0938. The third-order valence-electron chi connectivity index (χ3n) is 7.47. The van der Waals surface area contributed by atoms with Gasteiger partial charge in [-0.1, -0.05) is 90.5 Å². The predicted octanol–water partition coefficient (Wildman–Crippen LogP) is 4.72. The summed E-state index contributed by atoms with van der Waals surface area (Å²) >= 11 is 18.2. The lowest BCUT2D eigenvalue weighted by Gasteiger charge is -2.43. The Hall–Kier alpha value is -2.60. The number of alkyl carbamates (subject to hydrolysis) is 1. The maximum absolute atomic E-state index is 13.2. The molecule has 2 aliphatic carbocycles. The van der Waals surface area contributed by atoms with Gasteiger partial charge in [0, 0.05) is 6.04 Å². The highest BCUT2D eigenvalue weighted by Crippen LogP contribution is 2.44. The van der Waals surface area contributed by atoms with Gasteiger partial charge in [-0.25, -0.2) is 14.4 Å². The van der Waals surface area contributed by atoms with Crippen molar-refractivity contribution < 1.29 is 43.2 Å². The lowest BCUT2D eigenvalue weighted by Crippen LogP contribution is -2.66. The molecule has 0 unspecified atom stereocenters. The molecule has 10 nitrogen and oxygen atoms in total. The molecule has 0 spiro atoms. The van der Waals surface area contributed by atoms with E-state index >= 15 is 0 Å². The first kappa shape index (κ1) is 30.8. The van der Waals surface area contributed by atoms with Crippen molar-refractivity contribution in [1.82, 2.24) is 5.32 Å². The summed E-state index contributed by atoms with van der Waals surface area (Å²) in [6.45, 7) is 0. The van der Waals surface area contributed by atoms with Gasteiger partial charge in [-0.2, -0.15) is 0 Å². The number of amides is 1. The van der Waals surface area contributed by atoms with Gasteiger partial charge in [0.25, 0.3) is 0 Å². The number of carbonyl (C=O) groups is 3. The summed E-state index contributed by atoms with van der Waals surface area (Å²) in [4.78, 5) is 39.3. The molecule has 0 aromatic heterocycles. The van der Waals surface area contributed by atoms with Gasteiger partial charge in [-0.05, 0) is 37.1 Å². The van der Waals surface area contributed by atoms with Crippen molar-refractivity contribution in [3.05, 3.63) is 71.8 Å². The number of hydrogen-bond acceptors (Lipinski definition) is 9. The van der Waals surface area contributed by atoms with Crippen LogP contribution in [0, 0.1) is 0 Å². The summed E-state index contributed by atoms with van der Waals surface area (Å²) in [5.74, 6) is -1.61. The molecule has 1 aliphatic heterocycles. The smallest absolute Gasteiger partial charge is 0.407 e. The van der Waals surface area contributed by atoms with E-state index < -0.39 is 64.7 Å². The van der Waals surface area contributed by atoms with Crippen molar-refractivity contribution in [3.8, 4) is 0 Å². The molecule has 2 saturated carbocycles. The molecular formula is C29H30Cl3NO9. The molecule has 3 fully saturated rings. The van der Waals surface area contributed by atoms with E-state index in [9.17, 15) is 19.5 Å². The number of ether oxygens (including phenoxy) is 5. The first-order valence-corrected chi connectivity index (χ1v) is 14.8. The van der Waals surface area contributed by atoms with Crippen molar-refractivity contribution in [2.45, 2.75) is 84.9 Å². The summed E-state index contributed by atoms with van der Waals surface area (Å²) in [6.07, 6.45) is -6.38. The van der Waals surface area contributed by atoms with Crippen LogP contribution in [0.1, 0.15) is 52.8 Å². The predicted molar refractivity (Wildman–Crippen MR) is 151 cm³/mol. The number of carbonyl (C=O) groups excluding carboxylic acids is 3. The highest BCUT2D eigenvalue weighted by atomic mass is 35.6. The van der Waals surface area contributed by atoms with Gasteiger partial charge in [-0.15, -0.1) is 0 Å². The molecule has 3 aliphatic rings. The Morgan fingerprint density at radius 2 is 1.24 bits per heavy atom. The lowest BCUT2D eigenvalue weighted by atomic mass is 9.84. The number of esters is 2. The normalized spacial score (nSPS) is 29.7. The minimum atomic E-state index is -2.10. The topological polar surface area (TPSA) is 130 Å². The highest BCUT2D eigenvalue weighted by Gasteiger charge is 2.63. The highest BCUT2D eigenvalue weighted by molar-refractivity contribution is 6.67. The molecule has 5 rings (SSSR count). The van der Waals surface area contributed by atoms with Crippen molar-refractivity contribution in [2.75, 3.05) is 0 Å². The van der Waals surface area contributed by atoms with Crippen LogP contribution in [0.2, 0.25) is 0 Å². The van der Waals surface area contributed by atoms with E-state index in [2.05, 4.69) is 5.32 Å². The van der Waals surface area contributed by atoms with Crippen LogP contribution in [-0.2, 0) is 23.7 Å². The molecule has 2 aromatic rings. The van der Waals surface area contributed by atoms with Crippen LogP contribution >= 0.6 is 34.8 Å². The van der Waals surface area contributed by atoms with Crippen LogP contribution in [-0.4, -0.2) is 75.9 Å². The van der Waals surface area contributed by atoms with Crippen LogP contribution in [0.25, 0.3) is 0 Å². The third-order valence-corrected chi connectivity index (χ3v) is 8.01. The van der Waals surface area contributed by atoms with Gasteiger partial charge in [-0.3, -0.25) is 0 Å². The second-order valence-corrected chi connectivity index (χ2v) is 12.8. The summed E-state index contributed by atoms with van der Waals surface area (Å²) < 4.78 is 26.8. The first-order chi connectivity index (χ1) is 20.1. The van der Waals surface area contributed by atoms with Crippen LogP contribution in [0.15, 0.2) is 60.7 Å². The third kappa shape index (κ3) is 7.12. The van der Waals surface area contributed by atoms with E-state index in [1.807, 2.05) is 0 Å². The molecule has 1 saturated heterocycles. The number of halogens is 3. The average molecular weight is 643 g/mol. The number of benzene rings is 2. The molecule has 0 bridgehead atoms. The standard InChI is InChI=1S/C29H30Cl3NO9/c30-29(31,32)27-40-23-21(42-28(37)33-18-14-8-3-9-15-18)19(34)20(38-25(35)16-10-4-1-5-11-16)22(24(23)41-27)39-26(36)17-12-6-2-7-13-17/h1-2,4-7,10-13,18-24,27,34H,3,8-9,14-15H2,(H,33,37)/t19-,20+,21+,22-,23-,24+,27-/m1/s1. The Kier molecular flexibility index (Phi) is 9.81. The molecule has 1 heterocycles. The molecular weight excluding hydrogens is 613 g/mol. The molecule has 2 aromatic carbocycles. The fraction of sp³-hybridized carbons (Fsp3) is 0.483. The van der Waals surface area contributed by atoms with Gasteiger partial charge in [0.1, 0.15) is 18.3 Å². The number of hydrogen-bond donors (Lipinski definition) is 2. The Labute approximate surface area is 257 Å². The fourth-order valence-electron chi connectivity index (χ4n) is 5.43. The fourth-order valence-corrected chi connectivity index (χ4v) is 5.74. The number of alkyl halides is 3. The summed E-state index contributed by atoms with van der Waals surface area (Å²) in [5, 5.41) is 14.4. The maximum Gasteiger partial charge on any atom is 0.407 e. The van der Waals surface area contributed by atoms with Crippen LogP contribution < -0.4 is 5.32 Å². The van der Waals surface area contributed by atoms with E-state index in [1.54, 1.807) is 36.4 Å². The Bertz CT molecular complexity index is 1240. The minimum Gasteiger partial charge on any atom is -0.452 e. The van der Waals surface area contributed by atoms with Crippen LogP contribution in [0.4, 0.5) is 4.79 Å². The van der Waals surface area contributed by atoms with Gasteiger partial charge in [0.05, 0.1) is 11.1 Å². The maximum atomic E-state index is 13.2. The zero-order valence-electron chi connectivity index (χ0n) is 22.3. The number of aliphatic hydroxyl groups excluding tert-OH is 1. The Morgan fingerprint density at radius 1 is 0.738 bits per heavy atom. The zero-order chi connectivity index (χ0) is 29.9. The zero-order valence-corrected chi connectivity index (χ0v) is 24.5. The van der Waals surface area contributed by atoms with Crippen molar-refractivity contribution >= 4 is 52.8 Å². The lowest BCUT2D eigenvalue weighted by molar-refractivity contribution is -0.194. The van der Waals surface area contributed by atoms with E-state index in [-0.39, 0.29) is 17.2 Å². The van der Waals surface area contributed by atoms with Crippen molar-refractivity contribution in [2.24, 2.45) is 0 Å².